The molecule has 1 N–H and O–H groups in total. The quantitative estimate of drug-likeness (QED) is 0.465. The maximum Gasteiger partial charge on any atom is 0.323 e. The van der Waals surface area contributed by atoms with Gasteiger partial charge in [-0.25, -0.2) is 4.98 Å². The third-order valence-electron chi connectivity index (χ3n) is 5.38. The Kier molecular flexibility index (Phi) is 6.86. The second kappa shape index (κ2) is 9.55. The van der Waals surface area contributed by atoms with Gasteiger partial charge < -0.3 is 10.0 Å². The van der Waals surface area contributed by atoms with E-state index < -0.39 is 5.97 Å². The normalized spacial score (nSPS) is 11.0. The minimum atomic E-state index is -0.866. The van der Waals surface area contributed by atoms with E-state index in [0.717, 1.165) is 28.5 Å². The molecule has 0 aliphatic heterocycles. The van der Waals surface area contributed by atoms with Crippen LogP contribution in [0.1, 0.15) is 43.7 Å². The molecule has 0 atom stereocenters. The largest absolute Gasteiger partial charge is 0.480 e. The maximum absolute atomic E-state index is 11.2. The monoisotopic (exact) mass is 390 g/mol. The van der Waals surface area contributed by atoms with E-state index in [1.54, 1.807) is 11.9 Å². The Morgan fingerprint density at radius 3 is 2.55 bits per heavy atom. The van der Waals surface area contributed by atoms with Crippen LogP contribution in [0, 0.1) is 6.92 Å². The van der Waals surface area contributed by atoms with Crippen molar-refractivity contribution in [3.8, 4) is 11.1 Å². The number of likely N-dealkylation sites (N-methyl/N-ethyl adjacent to an activating group) is 1. The number of carbonyl (C=O) groups is 1. The fourth-order valence-corrected chi connectivity index (χ4v) is 3.75. The molecule has 2 aromatic carbocycles. The summed E-state index contributed by atoms with van der Waals surface area (Å²) < 4.78 is 0. The number of aliphatic carboxylic acids is 1. The van der Waals surface area contributed by atoms with Gasteiger partial charge in [0.2, 0.25) is 0 Å². The van der Waals surface area contributed by atoms with E-state index in [4.69, 9.17) is 4.98 Å². The van der Waals surface area contributed by atoms with Gasteiger partial charge in [0.15, 0.2) is 0 Å². The van der Waals surface area contributed by atoms with Gasteiger partial charge >= 0.3 is 5.97 Å². The van der Waals surface area contributed by atoms with Gasteiger partial charge in [0.25, 0.3) is 0 Å². The summed E-state index contributed by atoms with van der Waals surface area (Å²) in [6.07, 6.45) is 6.06. The van der Waals surface area contributed by atoms with E-state index in [2.05, 4.69) is 44.2 Å². The molecule has 0 spiro atoms. The Hall–Kier alpha value is -2.88. The van der Waals surface area contributed by atoms with Crippen LogP contribution in [0.4, 0.5) is 5.82 Å². The summed E-state index contributed by atoms with van der Waals surface area (Å²) in [5.41, 5.74) is 5.69. The van der Waals surface area contributed by atoms with Crippen molar-refractivity contribution < 1.29 is 9.90 Å². The van der Waals surface area contributed by atoms with Crippen molar-refractivity contribution in [1.82, 2.24) is 4.98 Å². The van der Waals surface area contributed by atoms with Crippen LogP contribution in [0.3, 0.4) is 0 Å². The van der Waals surface area contributed by atoms with Crippen molar-refractivity contribution >= 4 is 22.7 Å². The first-order valence-electron chi connectivity index (χ1n) is 10.4. The van der Waals surface area contributed by atoms with E-state index >= 15 is 0 Å². The highest BCUT2D eigenvalue weighted by atomic mass is 16.4. The molecule has 0 saturated heterocycles. The van der Waals surface area contributed by atoms with Gasteiger partial charge in [0.05, 0.1) is 5.52 Å². The molecule has 4 nitrogen and oxygen atoms in total. The number of hydrogen-bond donors (Lipinski definition) is 1. The molecule has 0 unspecified atom stereocenters. The van der Waals surface area contributed by atoms with Crippen LogP contribution in [0.2, 0.25) is 0 Å². The number of carboxylic acid groups (broad SMARTS) is 1. The number of aryl methyl sites for hydroxylation is 2. The summed E-state index contributed by atoms with van der Waals surface area (Å²) in [6.45, 7) is 4.26. The van der Waals surface area contributed by atoms with E-state index in [1.165, 1.54) is 36.8 Å². The van der Waals surface area contributed by atoms with E-state index in [-0.39, 0.29) is 6.54 Å². The maximum atomic E-state index is 11.2. The Balaban J connectivity index is 2.08. The van der Waals surface area contributed by atoms with Gasteiger partial charge in [0.1, 0.15) is 12.4 Å². The summed E-state index contributed by atoms with van der Waals surface area (Å²) in [5.74, 6) is -0.192. The Morgan fingerprint density at radius 2 is 1.83 bits per heavy atom. The van der Waals surface area contributed by atoms with Crippen molar-refractivity contribution in [1.29, 1.82) is 0 Å². The number of nitrogens with zero attached hydrogens (tertiary/aromatic N) is 2. The van der Waals surface area contributed by atoms with Gasteiger partial charge in [-0.15, -0.1) is 0 Å². The number of benzene rings is 2. The predicted octanol–water partition coefficient (Wildman–Crippen LogP) is 5.85. The predicted molar refractivity (Wildman–Crippen MR) is 121 cm³/mol. The topological polar surface area (TPSA) is 53.4 Å². The number of unbranched alkanes of at least 4 members (excludes halogenated alkanes) is 3. The first kappa shape index (κ1) is 20.8. The van der Waals surface area contributed by atoms with Gasteiger partial charge in [-0.05, 0) is 60.2 Å². The molecule has 3 rings (SSSR count). The van der Waals surface area contributed by atoms with Crippen molar-refractivity contribution in [2.45, 2.75) is 46.0 Å². The molecule has 29 heavy (non-hydrogen) atoms. The molecule has 0 amide bonds. The lowest BCUT2D eigenvalue weighted by Crippen LogP contribution is -2.26. The summed E-state index contributed by atoms with van der Waals surface area (Å²) >= 11 is 0. The van der Waals surface area contributed by atoms with Gasteiger partial charge in [-0.1, -0.05) is 56.5 Å². The first-order valence-corrected chi connectivity index (χ1v) is 10.4. The summed E-state index contributed by atoms with van der Waals surface area (Å²) in [6, 6.07) is 16.8. The molecule has 0 bridgehead atoms. The van der Waals surface area contributed by atoms with Crippen LogP contribution in [0.15, 0.2) is 48.5 Å². The average Bonchev–Trinajstić information content (AvgIpc) is 2.70. The SMILES string of the molecule is CCCCCCc1ccc2nc(N(C)CC(=O)O)cc(-c3ccccc3C)c2c1. The van der Waals surface area contributed by atoms with Crippen molar-refractivity contribution in [3.63, 3.8) is 0 Å². The summed E-state index contributed by atoms with van der Waals surface area (Å²) in [4.78, 5) is 17.6. The number of aromatic nitrogens is 1. The highest BCUT2D eigenvalue weighted by Gasteiger charge is 2.14. The zero-order valence-electron chi connectivity index (χ0n) is 17.6. The van der Waals surface area contributed by atoms with Gasteiger partial charge in [-0.3, -0.25) is 4.79 Å². The number of fused-ring (bicyclic) bond motifs is 1. The highest BCUT2D eigenvalue weighted by molar-refractivity contribution is 5.97. The standard InChI is InChI=1S/C25H30N2O2/c1-4-5-6-7-11-19-13-14-23-22(15-19)21(20-12-9-8-10-18(20)2)16-24(26-23)27(3)17-25(28)29/h8-10,12-16H,4-7,11,17H2,1-3H3,(H,28,29). The molecule has 4 heteroatoms. The minimum absolute atomic E-state index is 0.0821. The van der Waals surface area contributed by atoms with Crippen LogP contribution < -0.4 is 4.90 Å². The van der Waals surface area contributed by atoms with E-state index in [0.29, 0.717) is 5.82 Å². The number of hydrogen-bond acceptors (Lipinski definition) is 3. The average molecular weight is 391 g/mol. The Bertz CT molecular complexity index is 997. The minimum Gasteiger partial charge on any atom is -0.480 e. The third kappa shape index (κ3) is 5.14. The lowest BCUT2D eigenvalue weighted by molar-refractivity contribution is -0.135. The van der Waals surface area contributed by atoms with Crippen molar-refractivity contribution in [2.24, 2.45) is 0 Å². The molecule has 0 aliphatic carbocycles. The fraction of sp³-hybridized carbons (Fsp3) is 0.360. The molecule has 1 aromatic heterocycles. The Morgan fingerprint density at radius 1 is 1.03 bits per heavy atom. The summed E-state index contributed by atoms with van der Waals surface area (Å²) in [7, 11) is 1.77. The van der Waals surface area contributed by atoms with E-state index in [1.807, 2.05) is 18.2 Å². The number of anilines is 1. The smallest absolute Gasteiger partial charge is 0.323 e. The second-order valence-corrected chi connectivity index (χ2v) is 7.75. The van der Waals surface area contributed by atoms with Crippen LogP contribution in [0.5, 0.6) is 0 Å². The molecular formula is C25H30N2O2. The molecule has 1 heterocycles. The number of carboxylic acids is 1. The lowest BCUT2D eigenvalue weighted by atomic mass is 9.95. The molecule has 3 aromatic rings. The van der Waals surface area contributed by atoms with Crippen LogP contribution in [-0.4, -0.2) is 29.7 Å². The third-order valence-corrected chi connectivity index (χ3v) is 5.38. The van der Waals surface area contributed by atoms with Crippen LogP contribution in [0.25, 0.3) is 22.0 Å². The molecule has 0 radical (unpaired) electrons. The molecule has 0 aliphatic rings. The fourth-order valence-electron chi connectivity index (χ4n) is 3.75. The molecule has 0 saturated carbocycles. The lowest BCUT2D eigenvalue weighted by Gasteiger charge is -2.19. The van der Waals surface area contributed by atoms with Crippen molar-refractivity contribution in [3.05, 3.63) is 59.7 Å². The van der Waals surface area contributed by atoms with Gasteiger partial charge in [0, 0.05) is 12.4 Å². The zero-order valence-corrected chi connectivity index (χ0v) is 17.6. The highest BCUT2D eigenvalue weighted by Crippen LogP contribution is 2.34. The zero-order chi connectivity index (χ0) is 20.8. The number of pyridine rings is 1. The van der Waals surface area contributed by atoms with Crippen molar-refractivity contribution in [2.75, 3.05) is 18.5 Å². The summed E-state index contributed by atoms with van der Waals surface area (Å²) in [5, 5.41) is 10.3. The molecule has 152 valence electrons. The first-order chi connectivity index (χ1) is 14.0. The Labute approximate surface area is 173 Å². The van der Waals surface area contributed by atoms with Gasteiger partial charge in [-0.2, -0.15) is 0 Å². The van der Waals surface area contributed by atoms with E-state index in [9.17, 15) is 9.90 Å². The van der Waals surface area contributed by atoms with Crippen LogP contribution >= 0.6 is 0 Å². The molecule has 0 fully saturated rings. The molecular weight excluding hydrogens is 360 g/mol. The number of rotatable bonds is 9. The van der Waals surface area contributed by atoms with Crippen LogP contribution in [-0.2, 0) is 11.2 Å². The second-order valence-electron chi connectivity index (χ2n) is 7.75.